The lowest BCUT2D eigenvalue weighted by atomic mass is 9.98. The fourth-order valence-corrected chi connectivity index (χ4v) is 3.29. The van der Waals surface area contributed by atoms with Gasteiger partial charge in [0.25, 0.3) is 0 Å². The van der Waals surface area contributed by atoms with Crippen LogP contribution in [0.4, 0.5) is 0 Å². The number of carboxylic acids is 1. The molecule has 0 amide bonds. The zero-order chi connectivity index (χ0) is 21.5. The molecule has 1 N–H and O–H groups in total. The fraction of sp³-hybridized carbons (Fsp3) is 0.125. The third-order valence-electron chi connectivity index (χ3n) is 4.35. The number of carboxylic acid groups (broad SMARTS) is 1. The maximum absolute atomic E-state index is 10.7. The number of aliphatic carboxylic acids is 1. The van der Waals surface area contributed by atoms with E-state index in [4.69, 9.17) is 26.2 Å². The summed E-state index contributed by atoms with van der Waals surface area (Å²) in [6.07, 6.45) is 2.02. The molecule has 3 rings (SSSR count). The van der Waals surface area contributed by atoms with E-state index in [0.717, 1.165) is 26.7 Å². The molecule has 0 aliphatic carbocycles. The van der Waals surface area contributed by atoms with Crippen molar-refractivity contribution >= 4 is 39.1 Å². The first-order chi connectivity index (χ1) is 14.4. The van der Waals surface area contributed by atoms with Gasteiger partial charge in [0.2, 0.25) is 0 Å². The number of carbonyl (C=O) groups is 1. The molecular formula is C24H20BrClO4. The van der Waals surface area contributed by atoms with Crippen LogP contribution in [0, 0.1) is 6.92 Å². The van der Waals surface area contributed by atoms with Gasteiger partial charge in [0.15, 0.2) is 6.61 Å². The summed E-state index contributed by atoms with van der Waals surface area (Å²) < 4.78 is 12.2. The molecule has 0 aliphatic rings. The van der Waals surface area contributed by atoms with Crippen molar-refractivity contribution in [3.63, 3.8) is 0 Å². The maximum atomic E-state index is 10.7. The second kappa shape index (κ2) is 10.3. The molecule has 0 heterocycles. The summed E-state index contributed by atoms with van der Waals surface area (Å²) >= 11 is 9.51. The molecule has 0 saturated carbocycles. The van der Waals surface area contributed by atoms with E-state index in [9.17, 15) is 4.79 Å². The van der Waals surface area contributed by atoms with E-state index < -0.39 is 5.97 Å². The lowest BCUT2D eigenvalue weighted by Crippen LogP contribution is -2.10. The molecule has 0 radical (unpaired) electrons. The highest BCUT2D eigenvalue weighted by atomic mass is 79.9. The quantitative estimate of drug-likeness (QED) is 0.400. The molecule has 0 unspecified atom stereocenters. The van der Waals surface area contributed by atoms with Crippen LogP contribution in [0.5, 0.6) is 11.5 Å². The Bertz CT molecular complexity index is 996. The summed E-state index contributed by atoms with van der Waals surface area (Å²) in [6, 6.07) is 21.1. The zero-order valence-corrected chi connectivity index (χ0v) is 18.6. The number of hydrogen-bond acceptors (Lipinski definition) is 3. The first-order valence-electron chi connectivity index (χ1n) is 9.22. The van der Waals surface area contributed by atoms with Crippen molar-refractivity contribution in [3.05, 3.63) is 99.0 Å². The van der Waals surface area contributed by atoms with Crippen LogP contribution in [0.2, 0.25) is 5.02 Å². The van der Waals surface area contributed by atoms with Crippen molar-refractivity contribution in [2.24, 2.45) is 0 Å². The Labute approximate surface area is 188 Å². The summed E-state index contributed by atoms with van der Waals surface area (Å²) in [6.45, 7) is 1.84. The van der Waals surface area contributed by atoms with Crippen LogP contribution in [-0.2, 0) is 4.79 Å². The van der Waals surface area contributed by atoms with Gasteiger partial charge in [-0.3, -0.25) is 0 Å². The molecule has 0 saturated heterocycles. The van der Waals surface area contributed by atoms with Crippen LogP contribution in [0.25, 0.3) is 5.57 Å². The average Bonchev–Trinajstić information content (AvgIpc) is 2.72. The molecule has 0 aliphatic heterocycles. The molecule has 0 fully saturated rings. The minimum Gasteiger partial charge on any atom is -0.489 e. The van der Waals surface area contributed by atoms with Crippen molar-refractivity contribution in [2.45, 2.75) is 6.92 Å². The van der Waals surface area contributed by atoms with Crippen molar-refractivity contribution in [1.82, 2.24) is 0 Å². The van der Waals surface area contributed by atoms with Gasteiger partial charge in [0, 0.05) is 9.50 Å². The standard InChI is InChI=1S/C24H20BrClO4/c1-16-14-21(10-11-23(16)30-15-24(27)28)29-13-12-22(17-2-6-19(25)7-3-17)18-4-8-20(26)9-5-18/h2-12,14H,13,15H2,1H3,(H,27,28)/b22-12-. The van der Waals surface area contributed by atoms with E-state index in [0.29, 0.717) is 23.1 Å². The predicted molar refractivity (Wildman–Crippen MR) is 122 cm³/mol. The molecule has 30 heavy (non-hydrogen) atoms. The van der Waals surface area contributed by atoms with E-state index in [1.165, 1.54) is 0 Å². The maximum Gasteiger partial charge on any atom is 0.341 e. The monoisotopic (exact) mass is 486 g/mol. The Morgan fingerprint density at radius 3 is 2.23 bits per heavy atom. The number of benzene rings is 3. The number of halogens is 2. The van der Waals surface area contributed by atoms with Gasteiger partial charge in [-0.05, 0) is 77.7 Å². The lowest BCUT2D eigenvalue weighted by molar-refractivity contribution is -0.139. The van der Waals surface area contributed by atoms with Crippen molar-refractivity contribution in [3.8, 4) is 11.5 Å². The summed E-state index contributed by atoms with van der Waals surface area (Å²) in [4.78, 5) is 10.7. The zero-order valence-electron chi connectivity index (χ0n) is 16.3. The first-order valence-corrected chi connectivity index (χ1v) is 10.4. The van der Waals surface area contributed by atoms with Crippen molar-refractivity contribution in [1.29, 1.82) is 0 Å². The highest BCUT2D eigenvalue weighted by molar-refractivity contribution is 9.10. The van der Waals surface area contributed by atoms with Gasteiger partial charge in [-0.25, -0.2) is 4.79 Å². The van der Waals surface area contributed by atoms with Gasteiger partial charge in [0.1, 0.15) is 18.1 Å². The second-order valence-electron chi connectivity index (χ2n) is 6.55. The van der Waals surface area contributed by atoms with Crippen LogP contribution >= 0.6 is 27.5 Å². The smallest absolute Gasteiger partial charge is 0.341 e. The van der Waals surface area contributed by atoms with Crippen LogP contribution in [0.1, 0.15) is 16.7 Å². The number of aryl methyl sites for hydroxylation is 1. The molecule has 0 aromatic heterocycles. The van der Waals surface area contributed by atoms with Gasteiger partial charge >= 0.3 is 5.97 Å². The summed E-state index contributed by atoms with van der Waals surface area (Å²) in [5.74, 6) is 0.192. The third-order valence-corrected chi connectivity index (χ3v) is 5.13. The third kappa shape index (κ3) is 6.12. The van der Waals surface area contributed by atoms with Gasteiger partial charge in [-0.2, -0.15) is 0 Å². The summed E-state index contributed by atoms with van der Waals surface area (Å²) in [5, 5.41) is 9.43. The Balaban J connectivity index is 1.77. The van der Waals surface area contributed by atoms with E-state index in [1.807, 2.05) is 67.6 Å². The van der Waals surface area contributed by atoms with Crippen LogP contribution in [-0.4, -0.2) is 24.3 Å². The lowest BCUT2D eigenvalue weighted by Gasteiger charge is -2.12. The summed E-state index contributed by atoms with van der Waals surface area (Å²) in [5.41, 5.74) is 3.96. The largest absolute Gasteiger partial charge is 0.489 e. The number of hydrogen-bond donors (Lipinski definition) is 1. The topological polar surface area (TPSA) is 55.8 Å². The van der Waals surface area contributed by atoms with Gasteiger partial charge in [-0.15, -0.1) is 0 Å². The van der Waals surface area contributed by atoms with E-state index >= 15 is 0 Å². The highest BCUT2D eigenvalue weighted by Gasteiger charge is 2.07. The molecule has 3 aromatic rings. The molecule has 4 nitrogen and oxygen atoms in total. The molecular weight excluding hydrogens is 468 g/mol. The Kier molecular flexibility index (Phi) is 7.55. The minimum atomic E-state index is -1.01. The molecule has 3 aromatic carbocycles. The van der Waals surface area contributed by atoms with Gasteiger partial charge in [0.05, 0.1) is 0 Å². The van der Waals surface area contributed by atoms with E-state index in [1.54, 1.807) is 12.1 Å². The summed E-state index contributed by atoms with van der Waals surface area (Å²) in [7, 11) is 0. The minimum absolute atomic E-state index is 0.364. The normalized spacial score (nSPS) is 11.2. The SMILES string of the molecule is Cc1cc(OC/C=C(\c2ccc(Cl)cc2)c2ccc(Br)cc2)ccc1OCC(=O)O. The van der Waals surface area contributed by atoms with Crippen molar-refractivity contribution in [2.75, 3.05) is 13.2 Å². The molecule has 154 valence electrons. The van der Waals surface area contributed by atoms with Crippen LogP contribution in [0.3, 0.4) is 0 Å². The molecule has 0 bridgehead atoms. The van der Waals surface area contributed by atoms with Crippen LogP contribution in [0.15, 0.2) is 77.3 Å². The average molecular weight is 488 g/mol. The first kappa shape index (κ1) is 21.9. The van der Waals surface area contributed by atoms with Crippen molar-refractivity contribution < 1.29 is 19.4 Å². The number of rotatable bonds is 8. The van der Waals surface area contributed by atoms with E-state index in [2.05, 4.69) is 15.9 Å². The highest BCUT2D eigenvalue weighted by Crippen LogP contribution is 2.27. The Morgan fingerprint density at radius 1 is 1.00 bits per heavy atom. The van der Waals surface area contributed by atoms with E-state index in [-0.39, 0.29) is 6.61 Å². The van der Waals surface area contributed by atoms with Gasteiger partial charge in [-0.1, -0.05) is 51.8 Å². The predicted octanol–water partition coefficient (Wildman–Crippen LogP) is 6.39. The van der Waals surface area contributed by atoms with Gasteiger partial charge < -0.3 is 14.6 Å². The molecule has 6 heteroatoms. The van der Waals surface area contributed by atoms with Crippen LogP contribution < -0.4 is 9.47 Å². The molecule has 0 atom stereocenters. The molecule has 0 spiro atoms. The fourth-order valence-electron chi connectivity index (χ4n) is 2.90. The second-order valence-corrected chi connectivity index (χ2v) is 7.90. The number of ether oxygens (including phenoxy) is 2. The Hall–Kier alpha value is -2.76. The Morgan fingerprint density at radius 2 is 1.63 bits per heavy atom.